The number of piperidine rings is 2. The van der Waals surface area contributed by atoms with E-state index in [9.17, 15) is 4.79 Å². The zero-order valence-corrected chi connectivity index (χ0v) is 15.3. The Morgan fingerprint density at radius 3 is 2.57 bits per heavy atom. The zero-order valence-electron chi connectivity index (χ0n) is 12.1. The molecular weight excluding hydrogens is 396 g/mol. The third-order valence-electron chi connectivity index (χ3n) is 4.85. The number of benzene rings is 1. The van der Waals surface area contributed by atoms with Gasteiger partial charge in [-0.3, -0.25) is 4.79 Å². The summed E-state index contributed by atoms with van der Waals surface area (Å²) in [5.41, 5.74) is 0.702. The smallest absolute Gasteiger partial charge is 0.252 e. The van der Waals surface area contributed by atoms with Crippen molar-refractivity contribution in [2.75, 3.05) is 7.05 Å². The Hall–Kier alpha value is -0.390. The van der Waals surface area contributed by atoms with Crippen molar-refractivity contribution in [2.45, 2.75) is 50.2 Å². The number of carbonyl (C=O) groups excluding carboxylic acids is 1. The maximum absolute atomic E-state index is 12.5. The van der Waals surface area contributed by atoms with Crippen LogP contribution in [0.15, 0.2) is 27.1 Å². The Balaban J connectivity index is 1.69. The summed E-state index contributed by atoms with van der Waals surface area (Å²) in [6, 6.07) is 7.27. The Kier molecular flexibility index (Phi) is 4.71. The number of rotatable bonds is 2. The van der Waals surface area contributed by atoms with Crippen LogP contribution in [0.1, 0.15) is 42.5 Å². The summed E-state index contributed by atoms with van der Waals surface area (Å²) in [4.78, 5) is 15.0. The van der Waals surface area contributed by atoms with Crippen LogP contribution in [0.3, 0.4) is 0 Å². The normalized spacial score (nSPS) is 29.2. The van der Waals surface area contributed by atoms with Gasteiger partial charge in [0, 0.05) is 27.1 Å². The second-order valence-electron chi connectivity index (χ2n) is 6.17. The second kappa shape index (κ2) is 6.39. The predicted molar refractivity (Wildman–Crippen MR) is 91.5 cm³/mol. The van der Waals surface area contributed by atoms with Crippen molar-refractivity contribution in [3.63, 3.8) is 0 Å². The zero-order chi connectivity index (χ0) is 15.0. The van der Waals surface area contributed by atoms with E-state index in [4.69, 9.17) is 0 Å². The van der Waals surface area contributed by atoms with Gasteiger partial charge in [0.15, 0.2) is 0 Å². The van der Waals surface area contributed by atoms with Crippen molar-refractivity contribution >= 4 is 37.8 Å². The predicted octanol–water partition coefficient (Wildman–Crippen LogP) is 3.96. The third kappa shape index (κ3) is 3.35. The number of carbonyl (C=O) groups is 1. The van der Waals surface area contributed by atoms with Gasteiger partial charge in [-0.05, 0) is 66.9 Å². The molecule has 2 saturated heterocycles. The number of fused-ring (bicyclic) bond motifs is 2. The molecule has 2 aliphatic rings. The van der Waals surface area contributed by atoms with E-state index < -0.39 is 0 Å². The summed E-state index contributed by atoms with van der Waals surface area (Å²) in [5.74, 6) is 0.0239. The molecule has 3 rings (SSSR count). The van der Waals surface area contributed by atoms with Crippen molar-refractivity contribution in [3.05, 3.63) is 32.7 Å². The molecule has 21 heavy (non-hydrogen) atoms. The molecule has 0 radical (unpaired) electrons. The lowest BCUT2D eigenvalue weighted by molar-refractivity contribution is 0.0463. The highest BCUT2D eigenvalue weighted by atomic mass is 79.9. The van der Waals surface area contributed by atoms with Gasteiger partial charge in [-0.15, -0.1) is 0 Å². The molecule has 2 aliphatic heterocycles. The van der Waals surface area contributed by atoms with Gasteiger partial charge >= 0.3 is 0 Å². The Morgan fingerprint density at radius 2 is 1.90 bits per heavy atom. The minimum absolute atomic E-state index is 0.0239. The number of nitrogens with zero attached hydrogens (tertiary/aromatic N) is 1. The summed E-state index contributed by atoms with van der Waals surface area (Å²) in [5, 5.41) is 3.24. The van der Waals surface area contributed by atoms with Gasteiger partial charge in [-0.25, -0.2) is 0 Å². The van der Waals surface area contributed by atoms with Gasteiger partial charge in [0.1, 0.15) is 0 Å². The highest BCUT2D eigenvalue weighted by Gasteiger charge is 2.36. The first-order chi connectivity index (χ1) is 10.0. The van der Waals surface area contributed by atoms with Crippen molar-refractivity contribution in [1.82, 2.24) is 10.2 Å². The van der Waals surface area contributed by atoms with Gasteiger partial charge < -0.3 is 10.2 Å². The molecule has 2 heterocycles. The highest BCUT2D eigenvalue weighted by molar-refractivity contribution is 9.11. The van der Waals surface area contributed by atoms with Crippen LogP contribution in [-0.2, 0) is 0 Å². The van der Waals surface area contributed by atoms with Gasteiger partial charge in [0.05, 0.1) is 5.56 Å². The maximum atomic E-state index is 12.5. The molecule has 3 nitrogen and oxygen atoms in total. The number of hydrogen-bond acceptors (Lipinski definition) is 2. The fourth-order valence-corrected chi connectivity index (χ4v) is 4.46. The fourth-order valence-electron chi connectivity index (χ4n) is 3.67. The van der Waals surface area contributed by atoms with Crippen LogP contribution in [0.25, 0.3) is 0 Å². The minimum Gasteiger partial charge on any atom is -0.349 e. The van der Waals surface area contributed by atoms with Gasteiger partial charge in [0.25, 0.3) is 5.91 Å². The molecule has 1 aromatic rings. The second-order valence-corrected chi connectivity index (χ2v) is 7.94. The van der Waals surface area contributed by atoms with Crippen LogP contribution in [0, 0.1) is 0 Å². The largest absolute Gasteiger partial charge is 0.349 e. The van der Waals surface area contributed by atoms with Crippen molar-refractivity contribution in [1.29, 1.82) is 0 Å². The number of halogens is 2. The number of amides is 1. The van der Waals surface area contributed by atoms with Crippen molar-refractivity contribution in [3.8, 4) is 0 Å². The molecule has 1 N–H and O–H groups in total. The first-order valence-corrected chi connectivity index (χ1v) is 9.11. The van der Waals surface area contributed by atoms with E-state index in [0.29, 0.717) is 23.7 Å². The van der Waals surface area contributed by atoms with E-state index in [0.717, 1.165) is 21.8 Å². The van der Waals surface area contributed by atoms with E-state index in [1.54, 1.807) is 0 Å². The minimum atomic E-state index is 0.0239. The topological polar surface area (TPSA) is 32.3 Å². The van der Waals surface area contributed by atoms with E-state index in [1.165, 1.54) is 19.3 Å². The van der Waals surface area contributed by atoms with Crippen LogP contribution < -0.4 is 5.32 Å². The maximum Gasteiger partial charge on any atom is 0.252 e. The summed E-state index contributed by atoms with van der Waals surface area (Å²) >= 11 is 6.89. The molecular formula is C16H20Br2N2O. The molecule has 0 aromatic heterocycles. The Labute approximate surface area is 142 Å². The molecule has 114 valence electrons. The molecule has 0 aliphatic carbocycles. The van der Waals surface area contributed by atoms with Gasteiger partial charge in [-0.2, -0.15) is 0 Å². The number of nitrogens with one attached hydrogen (secondary N) is 1. The average molecular weight is 416 g/mol. The van der Waals surface area contributed by atoms with Crippen LogP contribution in [-0.4, -0.2) is 36.0 Å². The summed E-state index contributed by atoms with van der Waals surface area (Å²) in [7, 11) is 2.23. The lowest BCUT2D eigenvalue weighted by Gasteiger charge is -2.47. The Bertz CT molecular complexity index is 535. The first-order valence-electron chi connectivity index (χ1n) is 7.52. The third-order valence-corrected chi connectivity index (χ3v) is 6.03. The van der Waals surface area contributed by atoms with E-state index in [2.05, 4.69) is 49.1 Å². The Morgan fingerprint density at radius 1 is 1.24 bits per heavy atom. The van der Waals surface area contributed by atoms with E-state index in [-0.39, 0.29) is 5.91 Å². The fraction of sp³-hybridized carbons (Fsp3) is 0.562. The molecule has 2 fully saturated rings. The highest BCUT2D eigenvalue weighted by Crippen LogP contribution is 2.33. The summed E-state index contributed by atoms with van der Waals surface area (Å²) < 4.78 is 1.77. The number of hydrogen-bond donors (Lipinski definition) is 1. The molecule has 2 bridgehead atoms. The molecule has 0 spiro atoms. The van der Waals surface area contributed by atoms with Gasteiger partial charge in [0.2, 0.25) is 0 Å². The molecule has 5 heteroatoms. The summed E-state index contributed by atoms with van der Waals surface area (Å²) in [6.07, 6.45) is 6.01. The SMILES string of the molecule is CN1C2CCCC1CC(NC(=O)c1cc(Br)ccc1Br)C2. The lowest BCUT2D eigenvalue weighted by atomic mass is 9.82. The molecule has 2 atom stereocenters. The standard InChI is InChI=1S/C16H20Br2N2O/c1-20-12-3-2-4-13(20)9-11(8-12)19-16(21)14-7-10(17)5-6-15(14)18/h5-7,11-13H,2-4,8-9H2,1H3,(H,19,21). The monoisotopic (exact) mass is 414 g/mol. The molecule has 0 saturated carbocycles. The van der Waals surface area contributed by atoms with Crippen LogP contribution >= 0.6 is 31.9 Å². The van der Waals surface area contributed by atoms with Gasteiger partial charge in [-0.1, -0.05) is 22.4 Å². The quantitative estimate of drug-likeness (QED) is 0.792. The average Bonchev–Trinajstić information content (AvgIpc) is 2.42. The van der Waals surface area contributed by atoms with E-state index >= 15 is 0 Å². The molecule has 2 unspecified atom stereocenters. The van der Waals surface area contributed by atoms with Crippen LogP contribution in [0.4, 0.5) is 0 Å². The molecule has 1 aromatic carbocycles. The van der Waals surface area contributed by atoms with Crippen molar-refractivity contribution in [2.24, 2.45) is 0 Å². The summed E-state index contributed by atoms with van der Waals surface area (Å²) in [6.45, 7) is 0. The van der Waals surface area contributed by atoms with Crippen molar-refractivity contribution < 1.29 is 4.79 Å². The molecule has 1 amide bonds. The van der Waals surface area contributed by atoms with Crippen LogP contribution in [0.5, 0.6) is 0 Å². The van der Waals surface area contributed by atoms with E-state index in [1.807, 2.05) is 18.2 Å². The van der Waals surface area contributed by atoms with Crippen LogP contribution in [0.2, 0.25) is 0 Å². The first kappa shape index (κ1) is 15.5. The lowest BCUT2D eigenvalue weighted by Crippen LogP contribution is -2.55.